The second kappa shape index (κ2) is 14.3. The van der Waals surface area contributed by atoms with Crippen LogP contribution in [0.25, 0.3) is 0 Å². The van der Waals surface area contributed by atoms with Crippen molar-refractivity contribution in [2.75, 3.05) is 32.2 Å². The third kappa shape index (κ3) is 7.59. The van der Waals surface area contributed by atoms with Crippen LogP contribution in [0.2, 0.25) is 0 Å². The Morgan fingerprint density at radius 2 is 1.58 bits per heavy atom. The number of sulfonamides is 1. The van der Waals surface area contributed by atoms with Gasteiger partial charge in [-0.25, -0.2) is 8.42 Å². The Kier molecular flexibility index (Phi) is 10.5. The molecule has 10 nitrogen and oxygen atoms in total. The van der Waals surface area contributed by atoms with Crippen molar-refractivity contribution in [1.29, 1.82) is 0 Å². The van der Waals surface area contributed by atoms with Gasteiger partial charge in [0, 0.05) is 18.7 Å². The summed E-state index contributed by atoms with van der Waals surface area (Å²) in [5.41, 5.74) is 0.941. The Labute approximate surface area is 253 Å². The number of benzene rings is 3. The van der Waals surface area contributed by atoms with E-state index in [9.17, 15) is 18.0 Å². The lowest BCUT2D eigenvalue weighted by Gasteiger charge is -2.32. The van der Waals surface area contributed by atoms with Gasteiger partial charge in [0.2, 0.25) is 11.8 Å². The van der Waals surface area contributed by atoms with Gasteiger partial charge in [-0.1, -0.05) is 43.2 Å². The number of anilines is 1. The highest BCUT2D eigenvalue weighted by Gasteiger charge is 2.33. The molecular weight excluding hydrogens is 570 g/mol. The number of nitrogens with one attached hydrogen (secondary N) is 1. The van der Waals surface area contributed by atoms with Crippen LogP contribution in [-0.4, -0.2) is 65.1 Å². The molecule has 4 rings (SSSR count). The fourth-order valence-electron chi connectivity index (χ4n) is 5.17. The molecule has 43 heavy (non-hydrogen) atoms. The Bertz CT molecular complexity index is 1510. The van der Waals surface area contributed by atoms with Crippen molar-refractivity contribution in [3.8, 4) is 17.2 Å². The first-order valence-electron chi connectivity index (χ1n) is 14.2. The van der Waals surface area contributed by atoms with E-state index < -0.39 is 28.5 Å². The standard InChI is InChI=1S/C32H39N3O7S/c1-23(32(37)33-25-12-8-9-13-25)34(21-24-11-10-14-27(19-24)40-2)31(36)22-35(43(38,39)28-15-6-5-7-16-28)26-17-18-29(41-3)30(20-26)42-4/h5-7,10-11,14-20,23,25H,8-9,12-13,21-22H2,1-4H3,(H,33,37)/t23-/m1/s1. The molecular formula is C32H39N3O7S. The molecule has 1 N–H and O–H groups in total. The van der Waals surface area contributed by atoms with Crippen LogP contribution in [0.15, 0.2) is 77.7 Å². The molecule has 3 aromatic rings. The van der Waals surface area contributed by atoms with E-state index in [1.54, 1.807) is 62.6 Å². The fraction of sp³-hybridized carbons (Fsp3) is 0.375. The van der Waals surface area contributed by atoms with E-state index in [0.717, 1.165) is 35.6 Å². The lowest BCUT2D eigenvalue weighted by atomic mass is 10.1. The van der Waals surface area contributed by atoms with Crippen molar-refractivity contribution in [3.05, 3.63) is 78.4 Å². The minimum atomic E-state index is -4.21. The normalized spacial score (nSPS) is 14.0. The van der Waals surface area contributed by atoms with Crippen molar-refractivity contribution in [1.82, 2.24) is 10.2 Å². The largest absolute Gasteiger partial charge is 0.497 e. The first kappa shape index (κ1) is 31.7. The van der Waals surface area contributed by atoms with Crippen LogP contribution in [0.3, 0.4) is 0 Å². The molecule has 1 aliphatic carbocycles. The number of hydrogen-bond donors (Lipinski definition) is 1. The summed E-state index contributed by atoms with van der Waals surface area (Å²) in [7, 11) is 0.272. The predicted octanol–water partition coefficient (Wildman–Crippen LogP) is 4.38. The number of hydrogen-bond acceptors (Lipinski definition) is 7. The summed E-state index contributed by atoms with van der Waals surface area (Å²) in [6, 6.07) is 18.9. The summed E-state index contributed by atoms with van der Waals surface area (Å²) < 4.78 is 45.2. The first-order valence-corrected chi connectivity index (χ1v) is 15.6. The van der Waals surface area contributed by atoms with Gasteiger partial charge < -0.3 is 24.4 Å². The molecule has 1 saturated carbocycles. The molecule has 3 aromatic carbocycles. The second-order valence-corrected chi connectivity index (χ2v) is 12.3. The van der Waals surface area contributed by atoms with Gasteiger partial charge in [-0.05, 0) is 61.7 Å². The van der Waals surface area contributed by atoms with Gasteiger partial charge in [0.15, 0.2) is 11.5 Å². The predicted molar refractivity (Wildman–Crippen MR) is 164 cm³/mol. The summed E-state index contributed by atoms with van der Waals surface area (Å²) in [6.07, 6.45) is 3.88. The summed E-state index contributed by atoms with van der Waals surface area (Å²) in [6.45, 7) is 1.17. The van der Waals surface area contributed by atoms with Gasteiger partial charge in [0.05, 0.1) is 31.9 Å². The number of amides is 2. The van der Waals surface area contributed by atoms with E-state index in [0.29, 0.717) is 17.2 Å². The zero-order valence-corrected chi connectivity index (χ0v) is 25.8. The quantitative estimate of drug-likeness (QED) is 0.306. The van der Waals surface area contributed by atoms with Gasteiger partial charge in [-0.2, -0.15) is 0 Å². The highest BCUT2D eigenvalue weighted by atomic mass is 32.2. The highest BCUT2D eigenvalue weighted by molar-refractivity contribution is 7.92. The molecule has 0 radical (unpaired) electrons. The lowest BCUT2D eigenvalue weighted by molar-refractivity contribution is -0.139. The summed E-state index contributed by atoms with van der Waals surface area (Å²) >= 11 is 0. The molecule has 0 spiro atoms. The van der Waals surface area contributed by atoms with Crippen LogP contribution >= 0.6 is 0 Å². The summed E-state index contributed by atoms with van der Waals surface area (Å²) in [4.78, 5) is 29.0. The highest BCUT2D eigenvalue weighted by Crippen LogP contribution is 2.34. The Morgan fingerprint density at radius 3 is 2.23 bits per heavy atom. The van der Waals surface area contributed by atoms with E-state index in [1.807, 2.05) is 6.07 Å². The molecule has 0 aromatic heterocycles. The number of rotatable bonds is 13. The maximum absolute atomic E-state index is 14.2. The summed E-state index contributed by atoms with van der Waals surface area (Å²) in [5, 5.41) is 3.07. The fourth-order valence-corrected chi connectivity index (χ4v) is 6.60. The molecule has 0 unspecified atom stereocenters. The van der Waals surface area contributed by atoms with Crippen LogP contribution in [0.4, 0.5) is 5.69 Å². The topological polar surface area (TPSA) is 114 Å². The van der Waals surface area contributed by atoms with Crippen LogP contribution in [0, 0.1) is 0 Å². The third-order valence-electron chi connectivity index (χ3n) is 7.62. The van der Waals surface area contributed by atoms with Crippen LogP contribution < -0.4 is 23.8 Å². The van der Waals surface area contributed by atoms with Crippen molar-refractivity contribution in [2.45, 2.75) is 56.1 Å². The molecule has 11 heteroatoms. The van der Waals surface area contributed by atoms with Crippen molar-refractivity contribution >= 4 is 27.5 Å². The van der Waals surface area contributed by atoms with E-state index in [2.05, 4.69) is 5.32 Å². The van der Waals surface area contributed by atoms with E-state index >= 15 is 0 Å². The van der Waals surface area contributed by atoms with Gasteiger partial charge in [0.25, 0.3) is 10.0 Å². The minimum Gasteiger partial charge on any atom is -0.497 e. The molecule has 230 valence electrons. The van der Waals surface area contributed by atoms with Gasteiger partial charge >= 0.3 is 0 Å². The van der Waals surface area contributed by atoms with E-state index in [4.69, 9.17) is 14.2 Å². The van der Waals surface area contributed by atoms with Gasteiger partial charge in [-0.3, -0.25) is 13.9 Å². The number of nitrogens with zero attached hydrogens (tertiary/aromatic N) is 2. The zero-order chi connectivity index (χ0) is 31.0. The molecule has 1 fully saturated rings. The van der Waals surface area contributed by atoms with Crippen LogP contribution in [-0.2, 0) is 26.2 Å². The maximum atomic E-state index is 14.2. The Balaban J connectivity index is 1.72. The lowest BCUT2D eigenvalue weighted by Crippen LogP contribution is -2.52. The first-order chi connectivity index (χ1) is 20.7. The second-order valence-electron chi connectivity index (χ2n) is 10.4. The van der Waals surface area contributed by atoms with Gasteiger partial charge in [-0.15, -0.1) is 0 Å². The average molecular weight is 610 g/mol. The molecule has 0 bridgehead atoms. The Morgan fingerprint density at radius 1 is 0.884 bits per heavy atom. The monoisotopic (exact) mass is 609 g/mol. The van der Waals surface area contributed by atoms with E-state index in [-0.39, 0.29) is 29.1 Å². The molecule has 2 amide bonds. The summed E-state index contributed by atoms with van der Waals surface area (Å²) in [5.74, 6) is 0.481. The number of carbonyl (C=O) groups excluding carboxylic acids is 2. The number of methoxy groups -OCH3 is 3. The van der Waals surface area contributed by atoms with Gasteiger partial charge in [0.1, 0.15) is 18.3 Å². The van der Waals surface area contributed by atoms with Crippen LogP contribution in [0.1, 0.15) is 38.2 Å². The smallest absolute Gasteiger partial charge is 0.264 e. The minimum absolute atomic E-state index is 0.0176. The molecule has 0 heterocycles. The third-order valence-corrected chi connectivity index (χ3v) is 9.41. The van der Waals surface area contributed by atoms with E-state index in [1.165, 1.54) is 37.3 Å². The number of ether oxygens (including phenoxy) is 3. The van der Waals surface area contributed by atoms with Crippen molar-refractivity contribution < 1.29 is 32.2 Å². The molecule has 1 atom stereocenters. The molecule has 0 saturated heterocycles. The average Bonchev–Trinajstić information content (AvgIpc) is 3.55. The van der Waals surface area contributed by atoms with Crippen molar-refractivity contribution in [2.24, 2.45) is 0 Å². The van der Waals surface area contributed by atoms with Crippen molar-refractivity contribution in [3.63, 3.8) is 0 Å². The number of carbonyl (C=O) groups is 2. The molecule has 0 aliphatic heterocycles. The maximum Gasteiger partial charge on any atom is 0.264 e. The Hall–Kier alpha value is -4.25. The van der Waals surface area contributed by atoms with Crippen LogP contribution in [0.5, 0.6) is 17.2 Å². The molecule has 1 aliphatic rings. The SMILES string of the molecule is COc1cccc(CN(C(=O)CN(c2ccc(OC)c(OC)c2)S(=O)(=O)c2ccccc2)[C@H](C)C(=O)NC2CCCC2)c1. The zero-order valence-electron chi connectivity index (χ0n) is 25.0.